The lowest BCUT2D eigenvalue weighted by Crippen LogP contribution is -2.55. The monoisotopic (exact) mass is 250 g/mol. The average Bonchev–Trinajstić information content (AvgIpc) is 2.93. The summed E-state index contributed by atoms with van der Waals surface area (Å²) in [6.07, 6.45) is 3.55. The summed E-state index contributed by atoms with van der Waals surface area (Å²) in [4.78, 5) is 12.1. The van der Waals surface area contributed by atoms with E-state index in [-0.39, 0.29) is 28.5 Å². The maximum absolute atomic E-state index is 12.1. The summed E-state index contributed by atoms with van der Waals surface area (Å²) in [5.74, 6) is 0.931. The first-order chi connectivity index (χ1) is 8.35. The average molecular weight is 250 g/mol. The van der Waals surface area contributed by atoms with Crippen molar-refractivity contribution in [1.82, 2.24) is 0 Å². The molecule has 0 amide bonds. The van der Waals surface area contributed by atoms with Crippen molar-refractivity contribution in [3.63, 3.8) is 0 Å². The van der Waals surface area contributed by atoms with Gasteiger partial charge in [-0.3, -0.25) is 4.79 Å². The Kier molecular flexibility index (Phi) is 1.75. The Morgan fingerprint density at radius 2 is 1.94 bits per heavy atom. The molecule has 2 saturated heterocycles. The molecule has 2 heterocycles. The van der Waals surface area contributed by atoms with E-state index in [1.54, 1.807) is 0 Å². The molecule has 2 spiro atoms. The van der Waals surface area contributed by atoms with Crippen molar-refractivity contribution in [2.24, 2.45) is 23.2 Å². The minimum Gasteiger partial charge on any atom is -0.455 e. The van der Waals surface area contributed by atoms with Crippen LogP contribution in [0.5, 0.6) is 0 Å². The molecule has 3 nitrogen and oxygen atoms in total. The van der Waals surface area contributed by atoms with Crippen LogP contribution in [0.3, 0.4) is 0 Å². The van der Waals surface area contributed by atoms with Crippen molar-refractivity contribution < 1.29 is 14.3 Å². The van der Waals surface area contributed by atoms with Crippen molar-refractivity contribution in [3.8, 4) is 0 Å². The van der Waals surface area contributed by atoms with Crippen LogP contribution in [0.15, 0.2) is 0 Å². The fourth-order valence-electron chi connectivity index (χ4n) is 5.50. The highest BCUT2D eigenvalue weighted by Gasteiger charge is 2.87. The topological polar surface area (TPSA) is 38.8 Å². The maximum Gasteiger partial charge on any atom is 0.309 e. The van der Waals surface area contributed by atoms with E-state index in [0.717, 1.165) is 12.8 Å². The summed E-state index contributed by atoms with van der Waals surface area (Å²) in [5.41, 5.74) is -0.323. The van der Waals surface area contributed by atoms with Crippen LogP contribution in [-0.4, -0.2) is 23.3 Å². The SMILES string of the molecule is CC1C(=O)OC23CC(C)(C)C4OC42C(C)CCC13. The lowest BCUT2D eigenvalue weighted by Gasteiger charge is -2.45. The normalized spacial score (nSPS) is 59.7. The van der Waals surface area contributed by atoms with Gasteiger partial charge in [0.15, 0.2) is 0 Å². The fourth-order valence-corrected chi connectivity index (χ4v) is 5.50. The fraction of sp³-hybridized carbons (Fsp3) is 0.933. The molecular weight excluding hydrogens is 228 g/mol. The molecule has 0 aromatic rings. The molecular formula is C15H22O3. The molecule has 2 aliphatic carbocycles. The number of carbonyl (C=O) groups excluding carboxylic acids is 1. The van der Waals surface area contributed by atoms with Gasteiger partial charge in [0.25, 0.3) is 0 Å². The second-order valence-electron chi connectivity index (χ2n) is 7.64. The highest BCUT2D eigenvalue weighted by Crippen LogP contribution is 2.75. The van der Waals surface area contributed by atoms with Crippen molar-refractivity contribution in [1.29, 1.82) is 0 Å². The zero-order valence-electron chi connectivity index (χ0n) is 11.7. The number of esters is 1. The third kappa shape index (κ3) is 0.910. The van der Waals surface area contributed by atoms with Crippen molar-refractivity contribution in [2.75, 3.05) is 0 Å². The molecule has 4 rings (SSSR count). The second kappa shape index (κ2) is 2.79. The van der Waals surface area contributed by atoms with Crippen LogP contribution in [-0.2, 0) is 14.3 Å². The van der Waals surface area contributed by atoms with Gasteiger partial charge in [-0.2, -0.15) is 0 Å². The Morgan fingerprint density at radius 1 is 1.22 bits per heavy atom. The molecule has 2 saturated carbocycles. The standard InChI is InChI=1S/C15H22O3/c1-8-5-6-10-9(2)11(16)17-14(10)7-13(3,4)12-15(8,14)18-12/h8-10,12H,5-7H2,1-4H3. The Labute approximate surface area is 108 Å². The van der Waals surface area contributed by atoms with Crippen LogP contribution in [0.4, 0.5) is 0 Å². The van der Waals surface area contributed by atoms with Gasteiger partial charge >= 0.3 is 5.97 Å². The number of rotatable bonds is 0. The van der Waals surface area contributed by atoms with Gasteiger partial charge in [-0.1, -0.05) is 27.7 Å². The Hall–Kier alpha value is -0.570. The lowest BCUT2D eigenvalue weighted by atomic mass is 9.62. The van der Waals surface area contributed by atoms with E-state index in [2.05, 4.69) is 20.8 Å². The first-order valence-electron chi connectivity index (χ1n) is 7.26. The molecule has 3 heteroatoms. The zero-order chi connectivity index (χ0) is 12.9. The van der Waals surface area contributed by atoms with E-state index in [4.69, 9.17) is 9.47 Å². The van der Waals surface area contributed by atoms with E-state index in [9.17, 15) is 4.79 Å². The summed E-state index contributed by atoms with van der Waals surface area (Å²) in [5, 5.41) is 0. The summed E-state index contributed by atoms with van der Waals surface area (Å²) in [7, 11) is 0. The Morgan fingerprint density at radius 3 is 2.61 bits per heavy atom. The molecule has 6 unspecified atom stereocenters. The first-order valence-corrected chi connectivity index (χ1v) is 7.26. The van der Waals surface area contributed by atoms with Gasteiger partial charge < -0.3 is 9.47 Å². The van der Waals surface area contributed by atoms with Crippen LogP contribution < -0.4 is 0 Å². The number of epoxide rings is 1. The molecule has 0 radical (unpaired) electrons. The highest BCUT2D eigenvalue weighted by atomic mass is 16.7. The van der Waals surface area contributed by atoms with Gasteiger partial charge in [0.05, 0.1) is 12.0 Å². The molecule has 18 heavy (non-hydrogen) atoms. The molecule has 0 aromatic carbocycles. The second-order valence-corrected chi connectivity index (χ2v) is 7.64. The van der Waals surface area contributed by atoms with Gasteiger partial charge in [0, 0.05) is 5.92 Å². The van der Waals surface area contributed by atoms with E-state index < -0.39 is 0 Å². The molecule has 0 N–H and O–H groups in total. The van der Waals surface area contributed by atoms with Gasteiger partial charge in [-0.15, -0.1) is 0 Å². The predicted octanol–water partition coefficient (Wildman–Crippen LogP) is 2.53. The molecule has 4 fully saturated rings. The summed E-state index contributed by atoms with van der Waals surface area (Å²) in [6.45, 7) is 8.84. The molecule has 6 atom stereocenters. The highest BCUT2D eigenvalue weighted by molar-refractivity contribution is 5.76. The molecule has 4 aliphatic rings. The van der Waals surface area contributed by atoms with E-state index >= 15 is 0 Å². The van der Waals surface area contributed by atoms with Crippen LogP contribution in [0, 0.1) is 23.2 Å². The Balaban J connectivity index is 1.87. The molecule has 2 aliphatic heterocycles. The maximum atomic E-state index is 12.1. The molecule has 0 aromatic heterocycles. The number of hydrogen-bond donors (Lipinski definition) is 0. The van der Waals surface area contributed by atoms with E-state index in [1.807, 2.05) is 6.92 Å². The van der Waals surface area contributed by atoms with Crippen molar-refractivity contribution in [3.05, 3.63) is 0 Å². The summed E-state index contributed by atoms with van der Waals surface area (Å²) >= 11 is 0. The molecule has 0 bridgehead atoms. The largest absolute Gasteiger partial charge is 0.455 e. The van der Waals surface area contributed by atoms with Crippen LogP contribution >= 0.6 is 0 Å². The third-order valence-electron chi connectivity index (χ3n) is 6.23. The summed E-state index contributed by atoms with van der Waals surface area (Å²) in [6, 6.07) is 0. The zero-order valence-corrected chi connectivity index (χ0v) is 11.7. The first kappa shape index (κ1) is 11.3. The molecule has 100 valence electrons. The van der Waals surface area contributed by atoms with Gasteiger partial charge in [0.2, 0.25) is 0 Å². The van der Waals surface area contributed by atoms with Gasteiger partial charge in [-0.25, -0.2) is 0 Å². The number of carbonyl (C=O) groups is 1. The van der Waals surface area contributed by atoms with E-state index in [0.29, 0.717) is 17.9 Å². The van der Waals surface area contributed by atoms with Gasteiger partial charge in [-0.05, 0) is 30.6 Å². The third-order valence-corrected chi connectivity index (χ3v) is 6.23. The minimum absolute atomic E-state index is 0.000394. The number of ether oxygens (including phenoxy) is 2. The van der Waals surface area contributed by atoms with Crippen molar-refractivity contribution >= 4 is 5.97 Å². The van der Waals surface area contributed by atoms with Crippen molar-refractivity contribution in [2.45, 2.75) is 64.3 Å². The minimum atomic E-state index is -0.310. The van der Waals surface area contributed by atoms with Crippen LogP contribution in [0.1, 0.15) is 47.0 Å². The van der Waals surface area contributed by atoms with E-state index in [1.165, 1.54) is 6.42 Å². The smallest absolute Gasteiger partial charge is 0.309 e. The predicted molar refractivity (Wildman–Crippen MR) is 65.9 cm³/mol. The quantitative estimate of drug-likeness (QED) is 0.490. The van der Waals surface area contributed by atoms with Crippen LogP contribution in [0.2, 0.25) is 0 Å². The lowest BCUT2D eigenvalue weighted by molar-refractivity contribution is -0.168. The van der Waals surface area contributed by atoms with Crippen LogP contribution in [0.25, 0.3) is 0 Å². The number of hydrogen-bond acceptors (Lipinski definition) is 3. The summed E-state index contributed by atoms with van der Waals surface area (Å²) < 4.78 is 12.2. The Bertz CT molecular complexity index is 443. The van der Waals surface area contributed by atoms with Gasteiger partial charge in [0.1, 0.15) is 11.2 Å².